The van der Waals surface area contributed by atoms with Crippen LogP contribution in [0.15, 0.2) is 12.2 Å². The van der Waals surface area contributed by atoms with Crippen LogP contribution in [-0.4, -0.2) is 26.0 Å². The van der Waals surface area contributed by atoms with Gasteiger partial charge in [-0.1, -0.05) is 12.2 Å². The molecule has 4 heteroatoms. The van der Waals surface area contributed by atoms with E-state index in [4.69, 9.17) is 5.73 Å². The number of rotatable bonds is 3. The molecule has 1 aliphatic rings. The van der Waals surface area contributed by atoms with Crippen molar-refractivity contribution in [3.8, 4) is 0 Å². The van der Waals surface area contributed by atoms with Crippen molar-refractivity contribution in [3.63, 3.8) is 0 Å². The highest BCUT2D eigenvalue weighted by atomic mass is 32.2. The third-order valence-corrected chi connectivity index (χ3v) is 3.66. The van der Waals surface area contributed by atoms with Gasteiger partial charge in [0.1, 0.15) is 0 Å². The lowest BCUT2D eigenvalue weighted by Crippen LogP contribution is -2.29. The Morgan fingerprint density at radius 3 is 2.50 bits per heavy atom. The van der Waals surface area contributed by atoms with Gasteiger partial charge in [-0.3, -0.25) is 0 Å². The van der Waals surface area contributed by atoms with Crippen LogP contribution < -0.4 is 5.73 Å². The molecule has 1 aliphatic carbocycles. The van der Waals surface area contributed by atoms with Crippen molar-refractivity contribution in [2.45, 2.75) is 11.7 Å². The summed E-state index contributed by atoms with van der Waals surface area (Å²) in [6.07, 6.45) is 4.24. The second kappa shape index (κ2) is 2.72. The molecular weight excluding hydrogens is 150 g/mol. The number of sulfone groups is 1. The normalized spacial score (nSPS) is 24.3. The molecule has 0 fully saturated rings. The highest BCUT2D eigenvalue weighted by molar-refractivity contribution is 7.92. The van der Waals surface area contributed by atoms with Gasteiger partial charge in [0.05, 0.1) is 11.0 Å². The van der Waals surface area contributed by atoms with E-state index in [0.29, 0.717) is 6.42 Å². The summed E-state index contributed by atoms with van der Waals surface area (Å²) in [5.41, 5.74) is 5.13. The van der Waals surface area contributed by atoms with E-state index in [2.05, 4.69) is 0 Å². The monoisotopic (exact) mass is 161 g/mol. The molecule has 3 nitrogen and oxygen atoms in total. The minimum atomic E-state index is -2.89. The summed E-state index contributed by atoms with van der Waals surface area (Å²) in [7, 11) is -2.89. The van der Waals surface area contributed by atoms with Crippen molar-refractivity contribution >= 4 is 9.84 Å². The Bertz CT molecular complexity index is 230. The lowest BCUT2D eigenvalue weighted by Gasteiger charge is -2.17. The van der Waals surface area contributed by atoms with Gasteiger partial charge in [-0.25, -0.2) is 8.42 Å². The van der Waals surface area contributed by atoms with Crippen molar-refractivity contribution in [3.05, 3.63) is 12.2 Å². The van der Waals surface area contributed by atoms with Crippen LogP contribution >= 0.6 is 0 Å². The lowest BCUT2D eigenvalue weighted by atomic mass is 10.1. The van der Waals surface area contributed by atoms with Crippen molar-refractivity contribution in [2.24, 2.45) is 5.73 Å². The summed E-state index contributed by atoms with van der Waals surface area (Å²) in [6, 6.07) is 0. The summed E-state index contributed by atoms with van der Waals surface area (Å²) < 4.78 is 22.2. The zero-order valence-corrected chi connectivity index (χ0v) is 6.47. The van der Waals surface area contributed by atoms with Gasteiger partial charge in [0.2, 0.25) is 0 Å². The molecule has 0 saturated heterocycles. The van der Waals surface area contributed by atoms with Gasteiger partial charge in [0, 0.05) is 6.54 Å². The molecule has 0 aliphatic heterocycles. The summed E-state index contributed by atoms with van der Waals surface area (Å²) in [4.78, 5) is 0. The van der Waals surface area contributed by atoms with Crippen molar-refractivity contribution in [1.29, 1.82) is 0 Å². The van der Waals surface area contributed by atoms with E-state index in [9.17, 15) is 8.42 Å². The number of hydrogen-bond donors (Lipinski definition) is 1. The Kier molecular flexibility index (Phi) is 2.11. The Morgan fingerprint density at radius 2 is 2.20 bits per heavy atom. The fraction of sp³-hybridized carbons (Fsp3) is 0.667. The van der Waals surface area contributed by atoms with Gasteiger partial charge in [0.25, 0.3) is 0 Å². The smallest absolute Gasteiger partial charge is 0.158 e. The second-order valence-electron chi connectivity index (χ2n) is 2.36. The molecular formula is C6H11NO2S. The maximum Gasteiger partial charge on any atom is 0.158 e. The summed E-state index contributed by atoms with van der Waals surface area (Å²) in [5.74, 6) is 0.113. The van der Waals surface area contributed by atoms with Gasteiger partial charge in [-0.15, -0.1) is 0 Å². The second-order valence-corrected chi connectivity index (χ2v) is 4.70. The molecule has 0 aromatic heterocycles. The van der Waals surface area contributed by atoms with E-state index < -0.39 is 9.84 Å². The maximum absolute atomic E-state index is 11.1. The quantitative estimate of drug-likeness (QED) is 0.577. The topological polar surface area (TPSA) is 60.2 Å². The Balaban J connectivity index is 2.60. The SMILES string of the molecule is NCCS(=O)(=O)C1C=CC1. The fourth-order valence-corrected chi connectivity index (χ4v) is 2.22. The summed E-state index contributed by atoms with van der Waals surface area (Å²) in [6.45, 7) is 0.229. The zero-order chi connectivity index (χ0) is 7.61. The van der Waals surface area contributed by atoms with Crippen LogP contribution in [0.5, 0.6) is 0 Å². The first-order valence-corrected chi connectivity index (χ1v) is 4.96. The first-order chi connectivity index (χ1) is 4.67. The van der Waals surface area contributed by atoms with Crippen molar-refractivity contribution in [1.82, 2.24) is 0 Å². The van der Waals surface area contributed by atoms with E-state index in [0.717, 1.165) is 0 Å². The van der Waals surface area contributed by atoms with Crippen molar-refractivity contribution in [2.75, 3.05) is 12.3 Å². The first kappa shape index (κ1) is 7.75. The van der Waals surface area contributed by atoms with Crippen LogP contribution in [0.25, 0.3) is 0 Å². The Labute approximate surface area is 60.8 Å². The summed E-state index contributed by atoms with van der Waals surface area (Å²) in [5, 5.41) is -0.240. The minimum Gasteiger partial charge on any atom is -0.329 e. The van der Waals surface area contributed by atoms with Crippen LogP contribution in [0.4, 0.5) is 0 Å². The molecule has 1 unspecified atom stereocenters. The molecule has 2 N–H and O–H groups in total. The van der Waals surface area contributed by atoms with Gasteiger partial charge in [-0.05, 0) is 6.42 Å². The molecule has 0 bridgehead atoms. The maximum atomic E-state index is 11.1. The number of allylic oxidation sites excluding steroid dienone is 1. The predicted octanol–water partition coefficient (Wildman–Crippen LogP) is -0.312. The molecule has 10 heavy (non-hydrogen) atoms. The van der Waals surface area contributed by atoms with Gasteiger partial charge < -0.3 is 5.73 Å². The fourth-order valence-electron chi connectivity index (χ4n) is 0.829. The average molecular weight is 161 g/mol. The van der Waals surface area contributed by atoms with Crippen LogP contribution in [0.2, 0.25) is 0 Å². The van der Waals surface area contributed by atoms with Gasteiger partial charge in [-0.2, -0.15) is 0 Å². The van der Waals surface area contributed by atoms with Crippen LogP contribution in [0.1, 0.15) is 6.42 Å². The molecule has 0 saturated carbocycles. The van der Waals surface area contributed by atoms with E-state index in [1.165, 1.54) is 0 Å². The predicted molar refractivity (Wildman–Crippen MR) is 40.4 cm³/mol. The molecule has 1 atom stereocenters. The van der Waals surface area contributed by atoms with Crippen LogP contribution in [-0.2, 0) is 9.84 Å². The molecule has 58 valence electrons. The average Bonchev–Trinajstić information content (AvgIpc) is 1.56. The van der Waals surface area contributed by atoms with E-state index >= 15 is 0 Å². The Hall–Kier alpha value is -0.350. The van der Waals surface area contributed by atoms with Gasteiger partial charge in [0.15, 0.2) is 9.84 Å². The third kappa shape index (κ3) is 1.38. The lowest BCUT2D eigenvalue weighted by molar-refractivity contribution is 0.585. The first-order valence-electron chi connectivity index (χ1n) is 3.25. The van der Waals surface area contributed by atoms with E-state index in [-0.39, 0.29) is 17.5 Å². The van der Waals surface area contributed by atoms with Crippen LogP contribution in [0.3, 0.4) is 0 Å². The molecule has 1 rings (SSSR count). The van der Waals surface area contributed by atoms with Gasteiger partial charge >= 0.3 is 0 Å². The minimum absolute atomic E-state index is 0.113. The van der Waals surface area contributed by atoms with E-state index in [1.54, 1.807) is 6.08 Å². The molecule has 0 radical (unpaired) electrons. The summed E-state index contributed by atoms with van der Waals surface area (Å²) >= 11 is 0. The standard InChI is InChI=1S/C6H11NO2S/c7-4-5-10(8,9)6-2-1-3-6/h1-2,6H,3-5,7H2. The highest BCUT2D eigenvalue weighted by Gasteiger charge is 2.24. The highest BCUT2D eigenvalue weighted by Crippen LogP contribution is 2.17. The largest absolute Gasteiger partial charge is 0.329 e. The van der Waals surface area contributed by atoms with Crippen LogP contribution in [0, 0.1) is 0 Å². The third-order valence-electron chi connectivity index (χ3n) is 1.58. The molecule has 0 aromatic rings. The van der Waals surface area contributed by atoms with Crippen molar-refractivity contribution < 1.29 is 8.42 Å². The number of nitrogens with two attached hydrogens (primary N) is 1. The zero-order valence-electron chi connectivity index (χ0n) is 5.66. The Morgan fingerprint density at radius 1 is 1.60 bits per heavy atom. The molecule has 0 amide bonds. The molecule has 0 spiro atoms. The molecule has 0 heterocycles. The van der Waals surface area contributed by atoms with E-state index in [1.807, 2.05) is 6.08 Å². The number of hydrogen-bond acceptors (Lipinski definition) is 3. The molecule has 0 aromatic carbocycles.